The first kappa shape index (κ1) is 17.1. The molecule has 4 nitrogen and oxygen atoms in total. The zero-order chi connectivity index (χ0) is 18.1. The number of thiazole rings is 1. The van der Waals surface area contributed by atoms with Gasteiger partial charge < -0.3 is 0 Å². The normalized spacial score (nSPS) is 15.0. The first-order chi connectivity index (χ1) is 12.5. The van der Waals surface area contributed by atoms with E-state index in [-0.39, 0.29) is 0 Å². The van der Waals surface area contributed by atoms with E-state index in [0.717, 1.165) is 49.4 Å². The maximum absolute atomic E-state index is 12.7. The molecule has 0 saturated heterocycles. The number of hydrogen-bond donors (Lipinski definition) is 0. The number of benzene rings is 1. The van der Waals surface area contributed by atoms with Crippen LogP contribution in [0.25, 0.3) is 11.4 Å². The first-order valence-corrected chi connectivity index (χ1v) is 8.99. The lowest BCUT2D eigenvalue weighted by Crippen LogP contribution is -2.30. The molecular weight excluding hydrogens is 361 g/mol. The third-order valence-corrected chi connectivity index (χ3v) is 5.11. The van der Waals surface area contributed by atoms with E-state index in [2.05, 4.69) is 19.9 Å². The van der Waals surface area contributed by atoms with Gasteiger partial charge in [0, 0.05) is 54.5 Å². The van der Waals surface area contributed by atoms with Gasteiger partial charge in [-0.05, 0) is 12.1 Å². The van der Waals surface area contributed by atoms with Crippen LogP contribution >= 0.6 is 11.3 Å². The quantitative estimate of drug-likeness (QED) is 0.688. The van der Waals surface area contributed by atoms with Crippen molar-refractivity contribution in [1.82, 2.24) is 19.9 Å². The van der Waals surface area contributed by atoms with Gasteiger partial charge in [0.25, 0.3) is 0 Å². The van der Waals surface area contributed by atoms with E-state index in [1.165, 1.54) is 17.0 Å². The van der Waals surface area contributed by atoms with Crippen LogP contribution in [0.4, 0.5) is 13.2 Å². The molecular formula is C18H15F3N4S. The predicted octanol–water partition coefficient (Wildman–Crippen LogP) is 4.18. The topological polar surface area (TPSA) is 41.9 Å². The van der Waals surface area contributed by atoms with E-state index >= 15 is 0 Å². The maximum atomic E-state index is 12.7. The average Bonchev–Trinajstić information content (AvgIpc) is 3.14. The number of rotatable bonds is 3. The van der Waals surface area contributed by atoms with Crippen LogP contribution in [0.15, 0.2) is 42.2 Å². The highest BCUT2D eigenvalue weighted by Crippen LogP contribution is 2.30. The lowest BCUT2D eigenvalue weighted by Gasteiger charge is -2.27. The van der Waals surface area contributed by atoms with E-state index in [0.29, 0.717) is 11.4 Å². The minimum atomic E-state index is -4.34. The molecule has 0 unspecified atom stereocenters. The van der Waals surface area contributed by atoms with Crippen molar-refractivity contribution in [2.45, 2.75) is 25.7 Å². The molecule has 0 saturated carbocycles. The van der Waals surface area contributed by atoms with Gasteiger partial charge in [-0.1, -0.05) is 12.1 Å². The van der Waals surface area contributed by atoms with Gasteiger partial charge in [0.15, 0.2) is 5.82 Å². The molecule has 0 amide bonds. The molecule has 3 heterocycles. The fourth-order valence-corrected chi connectivity index (χ4v) is 3.63. The number of aromatic nitrogens is 3. The summed E-state index contributed by atoms with van der Waals surface area (Å²) in [6.07, 6.45) is 0.125. The fraction of sp³-hybridized carbons (Fsp3) is 0.278. The molecule has 134 valence electrons. The van der Waals surface area contributed by atoms with E-state index in [9.17, 15) is 13.2 Å². The van der Waals surface area contributed by atoms with Gasteiger partial charge in [-0.2, -0.15) is 13.2 Å². The van der Waals surface area contributed by atoms with Crippen molar-refractivity contribution in [2.24, 2.45) is 0 Å². The standard InChI is InChI=1S/C18H15F3N4S/c19-18(20,21)14-3-1-12(2-4-14)17-23-7-13-9-25(6-5-16(13)24-17)10-15-8-22-11-26-15/h1-4,7-8,11H,5-6,9-10H2. The van der Waals surface area contributed by atoms with Crippen LogP contribution in [-0.2, 0) is 25.7 Å². The van der Waals surface area contributed by atoms with Crippen LogP contribution < -0.4 is 0 Å². The summed E-state index contributed by atoms with van der Waals surface area (Å²) < 4.78 is 38.0. The second kappa shape index (κ2) is 6.77. The Bertz CT molecular complexity index is 892. The molecule has 4 rings (SSSR count). The Hall–Kier alpha value is -2.32. The second-order valence-electron chi connectivity index (χ2n) is 6.17. The Morgan fingerprint density at radius 1 is 1.12 bits per heavy atom. The molecule has 1 aliphatic rings. The summed E-state index contributed by atoms with van der Waals surface area (Å²) in [5.41, 5.74) is 3.78. The smallest absolute Gasteiger partial charge is 0.293 e. The van der Waals surface area contributed by atoms with E-state index in [1.54, 1.807) is 17.5 Å². The molecule has 0 radical (unpaired) electrons. The van der Waals surface area contributed by atoms with E-state index in [4.69, 9.17) is 0 Å². The van der Waals surface area contributed by atoms with Gasteiger partial charge >= 0.3 is 6.18 Å². The number of nitrogens with zero attached hydrogens (tertiary/aromatic N) is 4. The van der Waals surface area contributed by atoms with Crippen molar-refractivity contribution >= 4 is 11.3 Å². The highest BCUT2D eigenvalue weighted by atomic mass is 32.1. The van der Waals surface area contributed by atoms with Crippen LogP contribution in [0, 0.1) is 0 Å². The molecule has 0 aliphatic carbocycles. The zero-order valence-electron chi connectivity index (χ0n) is 13.7. The summed E-state index contributed by atoms with van der Waals surface area (Å²) in [4.78, 5) is 16.6. The third-order valence-electron chi connectivity index (χ3n) is 4.35. The van der Waals surface area contributed by atoms with Gasteiger partial charge in [-0.15, -0.1) is 11.3 Å². The van der Waals surface area contributed by atoms with E-state index < -0.39 is 11.7 Å². The van der Waals surface area contributed by atoms with Crippen molar-refractivity contribution < 1.29 is 13.2 Å². The third kappa shape index (κ3) is 3.61. The largest absolute Gasteiger partial charge is 0.416 e. The lowest BCUT2D eigenvalue weighted by atomic mass is 10.1. The molecule has 1 aliphatic heterocycles. The van der Waals surface area contributed by atoms with Crippen molar-refractivity contribution in [2.75, 3.05) is 6.54 Å². The minimum Gasteiger partial charge on any atom is -0.293 e. The minimum absolute atomic E-state index is 0.466. The molecule has 3 aromatic rings. The Morgan fingerprint density at radius 3 is 2.62 bits per heavy atom. The molecule has 8 heteroatoms. The molecule has 1 aromatic carbocycles. The molecule has 0 fully saturated rings. The van der Waals surface area contributed by atoms with E-state index in [1.807, 2.05) is 11.7 Å². The van der Waals surface area contributed by atoms with Crippen LogP contribution in [-0.4, -0.2) is 26.4 Å². The Morgan fingerprint density at radius 2 is 1.92 bits per heavy atom. The van der Waals surface area contributed by atoms with Crippen molar-refractivity contribution in [3.05, 3.63) is 63.9 Å². The zero-order valence-corrected chi connectivity index (χ0v) is 14.5. The maximum Gasteiger partial charge on any atom is 0.416 e. The van der Waals surface area contributed by atoms with Gasteiger partial charge in [-0.25, -0.2) is 9.97 Å². The number of alkyl halides is 3. The SMILES string of the molecule is FC(F)(F)c1ccc(-c2ncc3c(n2)CCN(Cc2cncs2)C3)cc1. The Kier molecular flexibility index (Phi) is 4.46. The number of halogens is 3. The summed E-state index contributed by atoms with van der Waals surface area (Å²) in [6.45, 7) is 2.50. The number of fused-ring (bicyclic) bond motifs is 1. The van der Waals surface area contributed by atoms with Gasteiger partial charge in [0.2, 0.25) is 0 Å². The Labute approximate surface area is 152 Å². The summed E-state index contributed by atoms with van der Waals surface area (Å²) >= 11 is 1.64. The molecule has 0 atom stereocenters. The summed E-state index contributed by atoms with van der Waals surface area (Å²) in [5.74, 6) is 0.466. The van der Waals surface area contributed by atoms with Crippen LogP contribution in [0.2, 0.25) is 0 Å². The molecule has 2 aromatic heterocycles. The van der Waals surface area contributed by atoms with Crippen LogP contribution in [0.5, 0.6) is 0 Å². The summed E-state index contributed by atoms with van der Waals surface area (Å²) in [5, 5.41) is 0. The molecule has 0 bridgehead atoms. The lowest BCUT2D eigenvalue weighted by molar-refractivity contribution is -0.137. The first-order valence-electron chi connectivity index (χ1n) is 8.11. The molecule has 26 heavy (non-hydrogen) atoms. The predicted molar refractivity (Wildman–Crippen MR) is 92.4 cm³/mol. The highest BCUT2D eigenvalue weighted by Gasteiger charge is 2.30. The number of hydrogen-bond acceptors (Lipinski definition) is 5. The second-order valence-corrected chi connectivity index (χ2v) is 7.14. The van der Waals surface area contributed by atoms with Crippen molar-refractivity contribution in [1.29, 1.82) is 0 Å². The van der Waals surface area contributed by atoms with Gasteiger partial charge in [-0.3, -0.25) is 9.88 Å². The van der Waals surface area contributed by atoms with Crippen LogP contribution in [0.1, 0.15) is 21.7 Å². The Balaban J connectivity index is 1.51. The van der Waals surface area contributed by atoms with Gasteiger partial charge in [0.05, 0.1) is 16.8 Å². The van der Waals surface area contributed by atoms with Crippen LogP contribution in [0.3, 0.4) is 0 Å². The highest BCUT2D eigenvalue weighted by molar-refractivity contribution is 7.09. The van der Waals surface area contributed by atoms with Crippen molar-refractivity contribution in [3.8, 4) is 11.4 Å². The summed E-state index contributed by atoms with van der Waals surface area (Å²) in [6, 6.07) is 4.97. The molecule has 0 spiro atoms. The summed E-state index contributed by atoms with van der Waals surface area (Å²) in [7, 11) is 0. The fourth-order valence-electron chi connectivity index (χ4n) is 3.00. The van der Waals surface area contributed by atoms with Crippen molar-refractivity contribution in [3.63, 3.8) is 0 Å². The monoisotopic (exact) mass is 376 g/mol. The average molecular weight is 376 g/mol. The van der Waals surface area contributed by atoms with Gasteiger partial charge in [0.1, 0.15) is 0 Å². The molecule has 0 N–H and O–H groups in total.